The van der Waals surface area contributed by atoms with Crippen LogP contribution in [0.15, 0.2) is 18.3 Å². The molecule has 0 spiro atoms. The van der Waals surface area contributed by atoms with E-state index >= 15 is 0 Å². The normalized spacial score (nSPS) is 22.7. The van der Waals surface area contributed by atoms with Crippen LogP contribution in [-0.4, -0.2) is 44.7 Å². The highest BCUT2D eigenvalue weighted by molar-refractivity contribution is 6.30. The van der Waals surface area contributed by atoms with E-state index in [0.717, 1.165) is 18.6 Å². The van der Waals surface area contributed by atoms with Crippen LogP contribution >= 0.6 is 11.6 Å². The van der Waals surface area contributed by atoms with Gasteiger partial charge in [-0.25, -0.2) is 18.7 Å². The quantitative estimate of drug-likeness (QED) is 0.478. The van der Waals surface area contributed by atoms with Crippen molar-refractivity contribution in [1.82, 2.24) is 19.5 Å². The second kappa shape index (κ2) is 9.30. The molecule has 1 aliphatic carbocycles. The Bertz CT molecular complexity index is 1200. The third-order valence-corrected chi connectivity index (χ3v) is 6.62. The second-order valence-corrected chi connectivity index (χ2v) is 9.13. The molecule has 12 heteroatoms. The van der Waals surface area contributed by atoms with Gasteiger partial charge >= 0.3 is 0 Å². The number of nitrogens with zero attached hydrogens (tertiary/aromatic N) is 4. The Kier molecular flexibility index (Phi) is 6.22. The molecular weight excluding hydrogens is 468 g/mol. The number of fused-ring (bicyclic) bond motifs is 1. The van der Waals surface area contributed by atoms with Gasteiger partial charge in [0.2, 0.25) is 17.8 Å². The molecule has 2 aromatic heterocycles. The summed E-state index contributed by atoms with van der Waals surface area (Å²) in [5.41, 5.74) is 6.13. The average Bonchev–Trinajstić information content (AvgIpc) is 3.43. The maximum atomic E-state index is 14.5. The summed E-state index contributed by atoms with van der Waals surface area (Å²) in [6, 6.07) is 2.07. The van der Waals surface area contributed by atoms with Gasteiger partial charge in [-0.15, -0.1) is 0 Å². The van der Waals surface area contributed by atoms with Crippen molar-refractivity contribution in [2.45, 2.75) is 44.2 Å². The molecule has 3 heterocycles. The topological polar surface area (TPSA) is 120 Å². The number of anilines is 3. The van der Waals surface area contributed by atoms with Gasteiger partial charge in [-0.3, -0.25) is 9.36 Å². The number of aromatic nitrogens is 4. The number of imidazole rings is 1. The first-order valence-electron chi connectivity index (χ1n) is 11.2. The largest absolute Gasteiger partial charge is 0.379 e. The fourth-order valence-corrected chi connectivity index (χ4v) is 4.81. The number of halogens is 3. The van der Waals surface area contributed by atoms with Crippen LogP contribution < -0.4 is 16.4 Å². The minimum atomic E-state index is -0.837. The Morgan fingerprint density at radius 2 is 1.88 bits per heavy atom. The van der Waals surface area contributed by atoms with Gasteiger partial charge in [0.05, 0.1) is 18.8 Å². The Morgan fingerprint density at radius 3 is 2.53 bits per heavy atom. The number of nitrogens with two attached hydrogens (primary N) is 1. The smallest absolute Gasteiger partial charge is 0.225 e. The molecule has 2 fully saturated rings. The number of hydrogen-bond acceptors (Lipinski definition) is 7. The molecule has 180 valence electrons. The standard InChI is InChI=1S/C22H24ClF2N7O2/c23-12-7-15(24)18(16(25)8-12)30-22-29-17-9-27-21(28-13-5-6-34-10-13)31-20(17)32(22)14-3-1-11(2-4-14)19(26)33/h7-9,11,13-14H,1-6,10H2,(H2,26,33)(H,29,30)(H,27,28,31)/t11-,13-,14-/m1/s1. The first-order valence-corrected chi connectivity index (χ1v) is 11.6. The van der Waals surface area contributed by atoms with Crippen LogP contribution in [0, 0.1) is 17.6 Å². The molecule has 3 aromatic rings. The molecule has 1 amide bonds. The number of ether oxygens (including phenoxy) is 1. The molecular formula is C22H24ClF2N7O2. The van der Waals surface area contributed by atoms with Crippen LogP contribution in [0.5, 0.6) is 0 Å². The highest BCUT2D eigenvalue weighted by Gasteiger charge is 2.30. The molecule has 1 aliphatic heterocycles. The fourth-order valence-electron chi connectivity index (χ4n) is 4.62. The third-order valence-electron chi connectivity index (χ3n) is 6.40. The number of nitrogens with one attached hydrogen (secondary N) is 2. The van der Waals surface area contributed by atoms with Crippen molar-refractivity contribution in [3.05, 3.63) is 35.0 Å². The van der Waals surface area contributed by atoms with Crippen molar-refractivity contribution >= 4 is 46.3 Å². The fraction of sp³-hybridized carbons (Fsp3) is 0.455. The van der Waals surface area contributed by atoms with E-state index in [2.05, 4.69) is 25.6 Å². The van der Waals surface area contributed by atoms with Gasteiger partial charge in [-0.1, -0.05) is 11.6 Å². The maximum absolute atomic E-state index is 14.5. The zero-order chi connectivity index (χ0) is 23.8. The third kappa shape index (κ3) is 4.49. The van der Waals surface area contributed by atoms with Gasteiger partial charge in [0, 0.05) is 23.6 Å². The molecule has 0 unspecified atom stereocenters. The predicted octanol–water partition coefficient (Wildman–Crippen LogP) is 3.92. The molecule has 5 rings (SSSR count). The lowest BCUT2D eigenvalue weighted by Crippen LogP contribution is -2.29. The summed E-state index contributed by atoms with van der Waals surface area (Å²) < 4.78 is 36.3. The molecule has 1 aromatic carbocycles. The minimum absolute atomic E-state index is 0.0451. The van der Waals surface area contributed by atoms with Gasteiger partial charge in [0.1, 0.15) is 11.2 Å². The summed E-state index contributed by atoms with van der Waals surface area (Å²) in [6.45, 7) is 1.24. The van der Waals surface area contributed by atoms with Crippen molar-refractivity contribution in [3.8, 4) is 0 Å². The van der Waals surface area contributed by atoms with Crippen LogP contribution in [0.2, 0.25) is 5.02 Å². The summed E-state index contributed by atoms with van der Waals surface area (Å²) in [6.07, 6.45) is 4.92. The first-order chi connectivity index (χ1) is 16.4. The number of amides is 1. The Balaban J connectivity index is 1.54. The van der Waals surface area contributed by atoms with E-state index in [4.69, 9.17) is 22.1 Å². The molecule has 9 nitrogen and oxygen atoms in total. The Morgan fingerprint density at radius 1 is 1.15 bits per heavy atom. The minimum Gasteiger partial charge on any atom is -0.379 e. The summed E-state index contributed by atoms with van der Waals surface area (Å²) in [5.74, 6) is -1.53. The maximum Gasteiger partial charge on any atom is 0.225 e. The molecule has 0 radical (unpaired) electrons. The van der Waals surface area contributed by atoms with Crippen molar-refractivity contribution in [1.29, 1.82) is 0 Å². The molecule has 2 aliphatic rings. The van der Waals surface area contributed by atoms with Crippen molar-refractivity contribution in [3.63, 3.8) is 0 Å². The molecule has 4 N–H and O–H groups in total. The SMILES string of the molecule is NC(=O)[C@H]1CC[C@H](n2c(Nc3c(F)cc(Cl)cc3F)nc3cnc(N[C@@H]4CCOC4)nc32)CC1. The number of carbonyl (C=O) groups excluding carboxylic acids is 1. The first kappa shape index (κ1) is 22.7. The van der Waals surface area contributed by atoms with Crippen LogP contribution in [0.1, 0.15) is 38.1 Å². The van der Waals surface area contributed by atoms with E-state index in [1.807, 2.05) is 4.57 Å². The zero-order valence-corrected chi connectivity index (χ0v) is 19.0. The van der Waals surface area contributed by atoms with Crippen LogP contribution in [-0.2, 0) is 9.53 Å². The molecule has 1 atom stereocenters. The predicted molar refractivity (Wildman–Crippen MR) is 123 cm³/mol. The number of rotatable bonds is 6. The van der Waals surface area contributed by atoms with Crippen molar-refractivity contribution < 1.29 is 18.3 Å². The van der Waals surface area contributed by atoms with E-state index in [1.54, 1.807) is 6.20 Å². The summed E-state index contributed by atoms with van der Waals surface area (Å²) in [5, 5.41) is 6.01. The molecule has 1 saturated heterocycles. The average molecular weight is 492 g/mol. The number of carbonyl (C=O) groups is 1. The number of benzene rings is 1. The van der Waals surface area contributed by atoms with E-state index in [-0.39, 0.29) is 40.6 Å². The van der Waals surface area contributed by atoms with Crippen molar-refractivity contribution in [2.24, 2.45) is 11.7 Å². The van der Waals surface area contributed by atoms with E-state index in [0.29, 0.717) is 56.0 Å². The van der Waals surface area contributed by atoms with Crippen LogP contribution in [0.25, 0.3) is 11.2 Å². The Labute approximate surface area is 199 Å². The van der Waals surface area contributed by atoms with Gasteiger partial charge in [0.25, 0.3) is 0 Å². The van der Waals surface area contributed by atoms with Gasteiger partial charge in [-0.05, 0) is 44.2 Å². The van der Waals surface area contributed by atoms with Crippen LogP contribution in [0.3, 0.4) is 0 Å². The van der Waals surface area contributed by atoms with Crippen molar-refractivity contribution in [2.75, 3.05) is 23.8 Å². The van der Waals surface area contributed by atoms with E-state index in [1.165, 1.54) is 0 Å². The lowest BCUT2D eigenvalue weighted by Gasteiger charge is -2.29. The van der Waals surface area contributed by atoms with Gasteiger partial charge < -0.3 is 21.1 Å². The number of primary amides is 1. The highest BCUT2D eigenvalue weighted by atomic mass is 35.5. The molecule has 0 bridgehead atoms. The molecule has 1 saturated carbocycles. The van der Waals surface area contributed by atoms with Gasteiger partial charge in [0.15, 0.2) is 17.3 Å². The second-order valence-electron chi connectivity index (χ2n) is 8.69. The van der Waals surface area contributed by atoms with Gasteiger partial charge in [-0.2, -0.15) is 4.98 Å². The van der Waals surface area contributed by atoms with Crippen LogP contribution in [0.4, 0.5) is 26.4 Å². The van der Waals surface area contributed by atoms with E-state index in [9.17, 15) is 13.6 Å². The van der Waals surface area contributed by atoms with E-state index < -0.39 is 11.6 Å². The summed E-state index contributed by atoms with van der Waals surface area (Å²) >= 11 is 5.77. The Hall–Kier alpha value is -3.05. The lowest BCUT2D eigenvalue weighted by molar-refractivity contribution is -0.122. The lowest BCUT2D eigenvalue weighted by atomic mass is 9.85. The highest BCUT2D eigenvalue weighted by Crippen LogP contribution is 2.37. The summed E-state index contributed by atoms with van der Waals surface area (Å²) in [7, 11) is 0. The molecule has 34 heavy (non-hydrogen) atoms. The number of hydrogen-bond donors (Lipinski definition) is 3. The monoisotopic (exact) mass is 491 g/mol. The zero-order valence-electron chi connectivity index (χ0n) is 18.2. The summed E-state index contributed by atoms with van der Waals surface area (Å²) in [4.78, 5) is 25.2.